The van der Waals surface area contributed by atoms with Crippen LogP contribution in [0.3, 0.4) is 0 Å². The van der Waals surface area contributed by atoms with E-state index >= 15 is 0 Å². The van der Waals surface area contributed by atoms with Crippen LogP contribution in [0, 0.1) is 0 Å². The zero-order valence-electron chi connectivity index (χ0n) is 10.8. The fourth-order valence-electron chi connectivity index (χ4n) is 2.53. The standard InChI is InChI=1S/C13H20N4O/c1-9(14)12(11-4-3-5-15-8-11)17-7-6-16-13(18)10(17)2/h3-5,8-10,12H,6-7,14H2,1-2H3,(H,16,18). The van der Waals surface area contributed by atoms with Crippen molar-refractivity contribution in [2.45, 2.75) is 32.0 Å². The summed E-state index contributed by atoms with van der Waals surface area (Å²) in [6.45, 7) is 5.37. The zero-order valence-corrected chi connectivity index (χ0v) is 10.8. The molecule has 5 heteroatoms. The number of pyridine rings is 1. The number of nitrogens with one attached hydrogen (secondary N) is 1. The van der Waals surface area contributed by atoms with E-state index < -0.39 is 0 Å². The quantitative estimate of drug-likeness (QED) is 0.806. The zero-order chi connectivity index (χ0) is 13.1. The molecule has 0 aromatic carbocycles. The molecule has 3 atom stereocenters. The van der Waals surface area contributed by atoms with Gasteiger partial charge in [0.05, 0.1) is 12.1 Å². The van der Waals surface area contributed by atoms with Crippen LogP contribution in [0.25, 0.3) is 0 Å². The first-order valence-corrected chi connectivity index (χ1v) is 6.30. The van der Waals surface area contributed by atoms with E-state index in [1.54, 1.807) is 6.20 Å². The van der Waals surface area contributed by atoms with Gasteiger partial charge in [-0.2, -0.15) is 0 Å². The van der Waals surface area contributed by atoms with Crippen LogP contribution in [-0.2, 0) is 4.79 Å². The van der Waals surface area contributed by atoms with Crippen molar-refractivity contribution < 1.29 is 4.79 Å². The topological polar surface area (TPSA) is 71.2 Å². The second-order valence-electron chi connectivity index (χ2n) is 4.80. The molecule has 0 spiro atoms. The second-order valence-corrected chi connectivity index (χ2v) is 4.80. The van der Waals surface area contributed by atoms with E-state index in [0.29, 0.717) is 6.54 Å². The normalized spacial score (nSPS) is 24.4. The number of rotatable bonds is 3. The van der Waals surface area contributed by atoms with Gasteiger partial charge in [0.25, 0.3) is 0 Å². The molecule has 1 aliphatic heterocycles. The van der Waals surface area contributed by atoms with Crippen LogP contribution in [0.15, 0.2) is 24.5 Å². The molecule has 98 valence electrons. The summed E-state index contributed by atoms with van der Waals surface area (Å²) in [6.07, 6.45) is 3.57. The summed E-state index contributed by atoms with van der Waals surface area (Å²) in [7, 11) is 0. The number of hydrogen-bond acceptors (Lipinski definition) is 4. The van der Waals surface area contributed by atoms with Gasteiger partial charge in [-0.1, -0.05) is 6.07 Å². The first-order chi connectivity index (χ1) is 8.61. The Morgan fingerprint density at radius 1 is 1.61 bits per heavy atom. The number of piperazine rings is 1. The fourth-order valence-corrected chi connectivity index (χ4v) is 2.53. The lowest BCUT2D eigenvalue weighted by Crippen LogP contribution is -2.57. The van der Waals surface area contributed by atoms with E-state index in [9.17, 15) is 4.79 Å². The van der Waals surface area contributed by atoms with E-state index in [4.69, 9.17) is 5.73 Å². The number of nitrogens with zero attached hydrogens (tertiary/aromatic N) is 2. The van der Waals surface area contributed by atoms with Gasteiger partial charge >= 0.3 is 0 Å². The summed E-state index contributed by atoms with van der Waals surface area (Å²) in [5, 5.41) is 2.87. The summed E-state index contributed by atoms with van der Waals surface area (Å²) in [5.74, 6) is 0.0655. The monoisotopic (exact) mass is 248 g/mol. The van der Waals surface area contributed by atoms with Crippen LogP contribution in [0.2, 0.25) is 0 Å². The van der Waals surface area contributed by atoms with Gasteiger partial charge in [0.1, 0.15) is 0 Å². The molecule has 5 nitrogen and oxygen atoms in total. The molecule has 0 saturated carbocycles. The third-order valence-corrected chi connectivity index (χ3v) is 3.43. The van der Waals surface area contributed by atoms with Crippen molar-refractivity contribution in [3.8, 4) is 0 Å². The second kappa shape index (κ2) is 5.46. The van der Waals surface area contributed by atoms with E-state index in [2.05, 4.69) is 15.2 Å². The molecule has 18 heavy (non-hydrogen) atoms. The lowest BCUT2D eigenvalue weighted by molar-refractivity contribution is -0.129. The lowest BCUT2D eigenvalue weighted by Gasteiger charge is -2.40. The van der Waals surface area contributed by atoms with E-state index in [1.165, 1.54) is 0 Å². The van der Waals surface area contributed by atoms with Crippen LogP contribution >= 0.6 is 0 Å². The van der Waals surface area contributed by atoms with Crippen LogP contribution in [-0.4, -0.2) is 41.0 Å². The van der Waals surface area contributed by atoms with E-state index in [0.717, 1.165) is 12.1 Å². The minimum absolute atomic E-state index is 0.0275. The summed E-state index contributed by atoms with van der Waals surface area (Å²) < 4.78 is 0. The molecule has 0 aliphatic carbocycles. The van der Waals surface area contributed by atoms with Gasteiger partial charge < -0.3 is 11.1 Å². The highest BCUT2D eigenvalue weighted by atomic mass is 16.2. The lowest BCUT2D eigenvalue weighted by atomic mass is 9.98. The SMILES string of the molecule is CC(N)C(c1cccnc1)N1CCNC(=O)C1C. The van der Waals surface area contributed by atoms with Gasteiger partial charge in [-0.05, 0) is 25.5 Å². The predicted molar refractivity (Wildman–Crippen MR) is 69.8 cm³/mol. The first kappa shape index (κ1) is 13.0. The minimum Gasteiger partial charge on any atom is -0.353 e. The van der Waals surface area contributed by atoms with Gasteiger partial charge in [0.2, 0.25) is 5.91 Å². The Balaban J connectivity index is 2.28. The van der Waals surface area contributed by atoms with Crippen molar-refractivity contribution >= 4 is 5.91 Å². The van der Waals surface area contributed by atoms with Crippen LogP contribution < -0.4 is 11.1 Å². The number of carbonyl (C=O) groups excluding carboxylic acids is 1. The molecule has 1 aromatic rings. The van der Waals surface area contributed by atoms with Crippen LogP contribution in [0.5, 0.6) is 0 Å². The molecule has 1 fully saturated rings. The number of hydrogen-bond donors (Lipinski definition) is 2. The van der Waals surface area contributed by atoms with Gasteiger partial charge in [0.15, 0.2) is 0 Å². The number of nitrogens with two attached hydrogens (primary N) is 1. The molecule has 2 heterocycles. The largest absolute Gasteiger partial charge is 0.353 e. The Bertz CT molecular complexity index is 407. The van der Waals surface area contributed by atoms with Crippen molar-refractivity contribution in [3.05, 3.63) is 30.1 Å². The molecule has 0 bridgehead atoms. The number of carbonyl (C=O) groups is 1. The van der Waals surface area contributed by atoms with Gasteiger partial charge in [-0.3, -0.25) is 14.7 Å². The minimum atomic E-state index is -0.157. The molecule has 1 aliphatic rings. The molecular formula is C13H20N4O. The number of aromatic nitrogens is 1. The highest BCUT2D eigenvalue weighted by Gasteiger charge is 2.33. The third kappa shape index (κ3) is 2.52. The molecular weight excluding hydrogens is 228 g/mol. The Kier molecular flexibility index (Phi) is 3.93. The number of amides is 1. The third-order valence-electron chi connectivity index (χ3n) is 3.43. The maximum Gasteiger partial charge on any atom is 0.237 e. The summed E-state index contributed by atoms with van der Waals surface area (Å²) in [5.41, 5.74) is 7.17. The molecule has 1 aromatic heterocycles. The van der Waals surface area contributed by atoms with Gasteiger partial charge in [-0.15, -0.1) is 0 Å². The summed E-state index contributed by atoms with van der Waals surface area (Å²) in [6, 6.07) is 3.73. The maximum atomic E-state index is 11.8. The average Bonchev–Trinajstić information content (AvgIpc) is 2.36. The van der Waals surface area contributed by atoms with Crippen molar-refractivity contribution in [2.24, 2.45) is 5.73 Å². The Morgan fingerprint density at radius 2 is 2.39 bits per heavy atom. The van der Waals surface area contributed by atoms with Gasteiger partial charge in [0, 0.05) is 31.5 Å². The average molecular weight is 248 g/mol. The Labute approximate surface area is 107 Å². The first-order valence-electron chi connectivity index (χ1n) is 6.30. The van der Waals surface area contributed by atoms with Crippen molar-refractivity contribution in [3.63, 3.8) is 0 Å². The highest BCUT2D eigenvalue weighted by Crippen LogP contribution is 2.25. The Hall–Kier alpha value is -1.46. The fraction of sp³-hybridized carbons (Fsp3) is 0.538. The van der Waals surface area contributed by atoms with Gasteiger partial charge in [-0.25, -0.2) is 0 Å². The van der Waals surface area contributed by atoms with Crippen molar-refractivity contribution in [2.75, 3.05) is 13.1 Å². The van der Waals surface area contributed by atoms with E-state index in [1.807, 2.05) is 32.2 Å². The molecule has 2 rings (SSSR count). The highest BCUT2D eigenvalue weighted by molar-refractivity contribution is 5.82. The van der Waals surface area contributed by atoms with Crippen molar-refractivity contribution in [1.29, 1.82) is 0 Å². The van der Waals surface area contributed by atoms with Crippen LogP contribution in [0.4, 0.5) is 0 Å². The van der Waals surface area contributed by atoms with Crippen molar-refractivity contribution in [1.82, 2.24) is 15.2 Å². The molecule has 1 saturated heterocycles. The molecule has 3 N–H and O–H groups in total. The molecule has 1 amide bonds. The Morgan fingerprint density at radius 3 is 3.00 bits per heavy atom. The molecule has 0 radical (unpaired) electrons. The maximum absolute atomic E-state index is 11.8. The predicted octanol–water partition coefficient (Wildman–Crippen LogP) is 0.290. The summed E-state index contributed by atoms with van der Waals surface area (Å²) >= 11 is 0. The summed E-state index contributed by atoms with van der Waals surface area (Å²) in [4.78, 5) is 18.1. The molecule has 3 unspecified atom stereocenters. The van der Waals surface area contributed by atoms with E-state index in [-0.39, 0.29) is 24.0 Å². The smallest absolute Gasteiger partial charge is 0.237 e. The van der Waals surface area contributed by atoms with Crippen LogP contribution in [0.1, 0.15) is 25.5 Å².